The van der Waals surface area contributed by atoms with E-state index in [1.54, 1.807) is 54.9 Å². The summed E-state index contributed by atoms with van der Waals surface area (Å²) < 4.78 is 28.8. The van der Waals surface area contributed by atoms with Gasteiger partial charge < -0.3 is 25.0 Å². The van der Waals surface area contributed by atoms with Gasteiger partial charge in [-0.3, -0.25) is 24.0 Å². The van der Waals surface area contributed by atoms with Crippen molar-refractivity contribution >= 4 is 23.5 Å². The fourth-order valence-corrected chi connectivity index (χ4v) is 6.02. The van der Waals surface area contributed by atoms with Gasteiger partial charge in [0.1, 0.15) is 17.7 Å². The molecule has 12 heteroatoms. The van der Waals surface area contributed by atoms with E-state index in [0.717, 1.165) is 12.8 Å². The number of aryl methyl sites for hydroxylation is 3. The quantitative estimate of drug-likeness (QED) is 0.300. The zero-order chi connectivity index (χ0) is 33.7. The standard InChI is InChI=1S/C35H43FN6O5/c1-6-33(43)42-14-13-41(20-24(42)4)21-31(25-10-9-22(2)29(36)17-25)47-30-16-23(3)27(35(45)38-32-11-12-40(5)39-32)18-28(30)34(44)37-19-26-8-7-15-46-26/h6,9-12,16-18,24,26,31H,1,7-8,13-15,19-21H2,2-5H3,(H,37,44)(H,38,39,45)/t24-,26-,31-/m1/s1. The van der Waals surface area contributed by atoms with E-state index in [0.29, 0.717) is 67.4 Å². The Labute approximate surface area is 274 Å². The zero-order valence-electron chi connectivity index (χ0n) is 27.4. The monoisotopic (exact) mass is 646 g/mol. The number of piperazine rings is 1. The molecule has 47 heavy (non-hydrogen) atoms. The lowest BCUT2D eigenvalue weighted by Crippen LogP contribution is -2.54. The van der Waals surface area contributed by atoms with Crippen molar-refractivity contribution in [3.63, 3.8) is 0 Å². The first-order chi connectivity index (χ1) is 22.5. The molecule has 0 radical (unpaired) electrons. The summed E-state index contributed by atoms with van der Waals surface area (Å²) in [6.45, 7) is 12.1. The molecule has 3 aromatic rings. The van der Waals surface area contributed by atoms with E-state index in [1.807, 2.05) is 13.0 Å². The molecule has 2 saturated heterocycles. The largest absolute Gasteiger partial charge is 0.484 e. The molecule has 2 aromatic carbocycles. The van der Waals surface area contributed by atoms with Crippen LogP contribution in [0.3, 0.4) is 0 Å². The van der Waals surface area contributed by atoms with Crippen LogP contribution in [-0.2, 0) is 16.6 Å². The van der Waals surface area contributed by atoms with E-state index in [1.165, 1.54) is 18.2 Å². The molecule has 2 fully saturated rings. The Hall–Kier alpha value is -4.55. The Morgan fingerprint density at radius 2 is 1.94 bits per heavy atom. The smallest absolute Gasteiger partial charge is 0.257 e. The minimum atomic E-state index is -0.670. The van der Waals surface area contributed by atoms with Crippen LogP contribution < -0.4 is 15.4 Å². The fourth-order valence-electron chi connectivity index (χ4n) is 6.02. The second-order valence-electron chi connectivity index (χ2n) is 12.3. The van der Waals surface area contributed by atoms with Crippen molar-refractivity contribution in [3.05, 3.63) is 88.9 Å². The Kier molecular flexibility index (Phi) is 10.7. The molecule has 2 N–H and O–H groups in total. The number of hydrogen-bond donors (Lipinski definition) is 2. The molecule has 5 rings (SSSR count). The molecule has 0 bridgehead atoms. The number of amides is 3. The molecule has 2 aliphatic rings. The van der Waals surface area contributed by atoms with Gasteiger partial charge in [0, 0.05) is 70.2 Å². The van der Waals surface area contributed by atoms with Crippen molar-refractivity contribution in [3.8, 4) is 5.75 Å². The van der Waals surface area contributed by atoms with Crippen LogP contribution in [-0.4, -0.2) is 88.8 Å². The number of carbonyl (C=O) groups excluding carboxylic acids is 3. The summed E-state index contributed by atoms with van der Waals surface area (Å²) >= 11 is 0. The number of hydrogen-bond acceptors (Lipinski definition) is 7. The van der Waals surface area contributed by atoms with Gasteiger partial charge in [0.15, 0.2) is 5.82 Å². The number of ether oxygens (including phenoxy) is 2. The molecule has 0 spiro atoms. The highest BCUT2D eigenvalue weighted by molar-refractivity contribution is 6.07. The normalized spacial score (nSPS) is 18.9. The van der Waals surface area contributed by atoms with Gasteiger partial charge >= 0.3 is 0 Å². The van der Waals surface area contributed by atoms with E-state index < -0.39 is 17.9 Å². The summed E-state index contributed by atoms with van der Waals surface area (Å²) in [5.41, 5.74) is 2.16. The molecule has 0 aliphatic carbocycles. The van der Waals surface area contributed by atoms with E-state index in [4.69, 9.17) is 9.47 Å². The summed E-state index contributed by atoms with van der Waals surface area (Å²) in [7, 11) is 1.75. The molecule has 3 amide bonds. The molecule has 11 nitrogen and oxygen atoms in total. The van der Waals surface area contributed by atoms with Crippen LogP contribution >= 0.6 is 0 Å². The summed E-state index contributed by atoms with van der Waals surface area (Å²) in [5.74, 6) is -0.668. The summed E-state index contributed by atoms with van der Waals surface area (Å²) in [5, 5.41) is 9.96. The van der Waals surface area contributed by atoms with E-state index >= 15 is 0 Å². The van der Waals surface area contributed by atoms with Gasteiger partial charge in [0.05, 0.1) is 11.7 Å². The lowest BCUT2D eigenvalue weighted by Gasteiger charge is -2.40. The van der Waals surface area contributed by atoms with Crippen molar-refractivity contribution in [2.75, 3.05) is 44.6 Å². The van der Waals surface area contributed by atoms with Gasteiger partial charge in [-0.1, -0.05) is 18.7 Å². The number of benzene rings is 2. The van der Waals surface area contributed by atoms with Gasteiger partial charge in [-0.25, -0.2) is 4.39 Å². The minimum Gasteiger partial charge on any atom is -0.484 e. The SMILES string of the molecule is C=CC(=O)N1CCN(C[C@@H](Oc2cc(C)c(C(=O)Nc3ccn(C)n3)cc2C(=O)NC[C@H]2CCCO2)c2ccc(C)c(F)c2)C[C@H]1C. The number of rotatable bonds is 11. The molecule has 1 aromatic heterocycles. The van der Waals surface area contributed by atoms with Gasteiger partial charge in [-0.05, 0) is 74.6 Å². The van der Waals surface area contributed by atoms with Crippen LogP contribution in [0.4, 0.5) is 10.2 Å². The van der Waals surface area contributed by atoms with Crippen LogP contribution in [0, 0.1) is 19.7 Å². The Bertz CT molecular complexity index is 1630. The van der Waals surface area contributed by atoms with Crippen LogP contribution in [0.15, 0.2) is 55.3 Å². The topological polar surface area (TPSA) is 118 Å². The zero-order valence-corrected chi connectivity index (χ0v) is 27.4. The van der Waals surface area contributed by atoms with E-state index in [9.17, 15) is 18.8 Å². The first-order valence-electron chi connectivity index (χ1n) is 16.0. The third kappa shape index (κ3) is 8.25. The van der Waals surface area contributed by atoms with Crippen LogP contribution in [0.5, 0.6) is 5.75 Å². The first-order valence-corrected chi connectivity index (χ1v) is 16.0. The lowest BCUT2D eigenvalue weighted by atomic mass is 10.0. The maximum absolute atomic E-state index is 14.9. The third-order valence-corrected chi connectivity index (χ3v) is 8.72. The number of halogens is 1. The summed E-state index contributed by atoms with van der Waals surface area (Å²) in [6.07, 6.45) is 4.06. The summed E-state index contributed by atoms with van der Waals surface area (Å²) in [6, 6.07) is 9.80. The van der Waals surface area contributed by atoms with Crippen molar-refractivity contribution in [1.82, 2.24) is 24.9 Å². The average molecular weight is 647 g/mol. The minimum absolute atomic E-state index is 0.0667. The molecule has 2 aliphatic heterocycles. The molecular formula is C35H43FN6O5. The molecule has 250 valence electrons. The summed E-state index contributed by atoms with van der Waals surface area (Å²) in [4.78, 5) is 43.4. The van der Waals surface area contributed by atoms with Crippen molar-refractivity contribution in [1.29, 1.82) is 0 Å². The van der Waals surface area contributed by atoms with Crippen molar-refractivity contribution in [2.45, 2.75) is 51.9 Å². The predicted molar refractivity (Wildman–Crippen MR) is 176 cm³/mol. The Balaban J connectivity index is 1.46. The molecule has 0 saturated carbocycles. The molecule has 3 heterocycles. The highest BCUT2D eigenvalue weighted by atomic mass is 19.1. The van der Waals surface area contributed by atoms with Gasteiger partial charge in [0.2, 0.25) is 5.91 Å². The van der Waals surface area contributed by atoms with Crippen LogP contribution in [0.25, 0.3) is 0 Å². The predicted octanol–water partition coefficient (Wildman–Crippen LogP) is 4.18. The van der Waals surface area contributed by atoms with Gasteiger partial charge in [-0.15, -0.1) is 0 Å². The lowest BCUT2D eigenvalue weighted by molar-refractivity contribution is -0.130. The highest BCUT2D eigenvalue weighted by Gasteiger charge is 2.30. The van der Waals surface area contributed by atoms with Gasteiger partial charge in [-0.2, -0.15) is 5.10 Å². The Morgan fingerprint density at radius 1 is 1.13 bits per heavy atom. The Morgan fingerprint density at radius 3 is 2.60 bits per heavy atom. The molecule has 3 atom stereocenters. The van der Waals surface area contributed by atoms with Crippen molar-refractivity contribution < 1.29 is 28.2 Å². The number of nitrogens with zero attached hydrogens (tertiary/aromatic N) is 4. The molecule has 0 unspecified atom stereocenters. The van der Waals surface area contributed by atoms with Crippen LogP contribution in [0.2, 0.25) is 0 Å². The third-order valence-electron chi connectivity index (χ3n) is 8.72. The average Bonchev–Trinajstić information content (AvgIpc) is 3.72. The second kappa shape index (κ2) is 14.9. The number of nitrogens with one attached hydrogen (secondary N) is 2. The highest BCUT2D eigenvalue weighted by Crippen LogP contribution is 2.31. The molecular weight excluding hydrogens is 603 g/mol. The van der Waals surface area contributed by atoms with Gasteiger partial charge in [0.25, 0.3) is 11.8 Å². The fraction of sp³-hybridized carbons (Fsp3) is 0.429. The van der Waals surface area contributed by atoms with Crippen molar-refractivity contribution in [2.24, 2.45) is 7.05 Å². The van der Waals surface area contributed by atoms with E-state index in [-0.39, 0.29) is 35.2 Å². The van der Waals surface area contributed by atoms with Crippen LogP contribution in [0.1, 0.15) is 63.3 Å². The first kappa shape index (κ1) is 33.8. The maximum Gasteiger partial charge on any atom is 0.257 e. The second-order valence-corrected chi connectivity index (χ2v) is 12.3. The number of anilines is 1. The van der Waals surface area contributed by atoms with E-state index in [2.05, 4.69) is 27.2 Å². The number of aromatic nitrogens is 2. The number of carbonyl (C=O) groups is 3. The maximum atomic E-state index is 14.9.